The van der Waals surface area contributed by atoms with Crippen molar-refractivity contribution in [2.45, 2.75) is 25.7 Å². The van der Waals surface area contributed by atoms with Crippen LogP contribution in [0.4, 0.5) is 5.82 Å². The monoisotopic (exact) mass is 356 g/mol. The van der Waals surface area contributed by atoms with Crippen molar-refractivity contribution >= 4 is 5.82 Å². The Balaban J connectivity index is 1.59. The Hall–Kier alpha value is -2.34. The van der Waals surface area contributed by atoms with Crippen LogP contribution in [0, 0.1) is 0 Å². The molecule has 0 aliphatic carbocycles. The van der Waals surface area contributed by atoms with Gasteiger partial charge in [0.25, 0.3) is 0 Å². The van der Waals surface area contributed by atoms with Crippen LogP contribution >= 0.6 is 0 Å². The molecular formula is C20H28N4O2. The molecule has 1 aromatic carbocycles. The number of likely N-dealkylation sites (tertiary alicyclic amines) is 1. The molecule has 26 heavy (non-hydrogen) atoms. The summed E-state index contributed by atoms with van der Waals surface area (Å²) in [5.41, 5.74) is 1.11. The van der Waals surface area contributed by atoms with Crippen LogP contribution in [0.2, 0.25) is 0 Å². The highest BCUT2D eigenvalue weighted by atomic mass is 16.5. The molecule has 6 heteroatoms. The standard InChI is InChI=1S/C20H28N4O2/c1-21-19-8-9-22-20(23-19)15-16-6-7-17(25-2)18(14-16)26-13-5-12-24-10-3-4-11-24/h6-9,14H,3-5,10-13,15H2,1-2H3,(H,21,22,23). The van der Waals surface area contributed by atoms with E-state index in [4.69, 9.17) is 9.47 Å². The maximum absolute atomic E-state index is 6.01. The molecule has 0 atom stereocenters. The van der Waals surface area contributed by atoms with Crippen molar-refractivity contribution in [3.05, 3.63) is 41.9 Å². The highest BCUT2D eigenvalue weighted by Crippen LogP contribution is 2.29. The molecular weight excluding hydrogens is 328 g/mol. The fraction of sp³-hybridized carbons (Fsp3) is 0.500. The number of nitrogens with one attached hydrogen (secondary N) is 1. The Morgan fingerprint density at radius 2 is 2.00 bits per heavy atom. The molecule has 1 fully saturated rings. The van der Waals surface area contributed by atoms with Crippen LogP contribution in [0.15, 0.2) is 30.5 Å². The second-order valence-corrected chi connectivity index (χ2v) is 6.52. The number of rotatable bonds is 9. The fourth-order valence-electron chi connectivity index (χ4n) is 3.23. The Labute approximate surface area is 155 Å². The molecule has 6 nitrogen and oxygen atoms in total. The minimum atomic E-state index is 0.656. The summed E-state index contributed by atoms with van der Waals surface area (Å²) < 4.78 is 11.4. The van der Waals surface area contributed by atoms with Gasteiger partial charge in [-0.2, -0.15) is 0 Å². The number of nitrogens with zero attached hydrogens (tertiary/aromatic N) is 3. The fourth-order valence-corrected chi connectivity index (χ4v) is 3.23. The third kappa shape index (κ3) is 5.08. The lowest BCUT2D eigenvalue weighted by Crippen LogP contribution is -2.21. The third-order valence-corrected chi connectivity index (χ3v) is 4.63. The largest absolute Gasteiger partial charge is 0.493 e. The summed E-state index contributed by atoms with van der Waals surface area (Å²) in [6, 6.07) is 7.87. The topological polar surface area (TPSA) is 59.5 Å². The van der Waals surface area contributed by atoms with E-state index < -0.39 is 0 Å². The van der Waals surface area contributed by atoms with Crippen molar-refractivity contribution in [1.82, 2.24) is 14.9 Å². The second-order valence-electron chi connectivity index (χ2n) is 6.52. The first-order chi connectivity index (χ1) is 12.8. The molecule has 2 heterocycles. The lowest BCUT2D eigenvalue weighted by Gasteiger charge is -2.16. The maximum atomic E-state index is 6.01. The van der Waals surface area contributed by atoms with Crippen LogP contribution in [-0.2, 0) is 6.42 Å². The summed E-state index contributed by atoms with van der Waals surface area (Å²) in [7, 11) is 3.53. The van der Waals surface area contributed by atoms with E-state index in [1.54, 1.807) is 13.3 Å². The number of ether oxygens (including phenoxy) is 2. The third-order valence-electron chi connectivity index (χ3n) is 4.63. The van der Waals surface area contributed by atoms with Gasteiger partial charge in [-0.05, 0) is 56.1 Å². The van der Waals surface area contributed by atoms with Crippen molar-refractivity contribution in [2.75, 3.05) is 45.7 Å². The Morgan fingerprint density at radius 3 is 2.77 bits per heavy atom. The molecule has 1 aliphatic rings. The molecule has 1 saturated heterocycles. The molecule has 140 valence electrons. The SMILES string of the molecule is CNc1ccnc(Cc2ccc(OC)c(OCCCN3CCCC3)c2)n1. The van der Waals surface area contributed by atoms with Crippen molar-refractivity contribution in [3.8, 4) is 11.5 Å². The van der Waals surface area contributed by atoms with Crippen LogP contribution in [0.1, 0.15) is 30.7 Å². The van der Waals surface area contributed by atoms with Gasteiger partial charge in [-0.25, -0.2) is 9.97 Å². The van der Waals surface area contributed by atoms with E-state index in [0.717, 1.165) is 41.7 Å². The van der Waals surface area contributed by atoms with Gasteiger partial charge in [0.2, 0.25) is 0 Å². The van der Waals surface area contributed by atoms with Crippen molar-refractivity contribution in [2.24, 2.45) is 0 Å². The molecule has 0 bridgehead atoms. The maximum Gasteiger partial charge on any atom is 0.161 e. The number of hydrogen-bond acceptors (Lipinski definition) is 6. The molecule has 0 spiro atoms. The molecule has 1 aliphatic heterocycles. The second kappa shape index (κ2) is 9.38. The summed E-state index contributed by atoms with van der Waals surface area (Å²) in [6.07, 6.45) is 6.11. The highest BCUT2D eigenvalue weighted by molar-refractivity contribution is 5.44. The minimum Gasteiger partial charge on any atom is -0.493 e. The smallest absolute Gasteiger partial charge is 0.161 e. The molecule has 0 radical (unpaired) electrons. The van der Waals surface area contributed by atoms with Gasteiger partial charge >= 0.3 is 0 Å². The van der Waals surface area contributed by atoms with Gasteiger partial charge in [0.15, 0.2) is 11.5 Å². The average Bonchev–Trinajstić information content (AvgIpc) is 3.19. The van der Waals surface area contributed by atoms with E-state index >= 15 is 0 Å². The Kier molecular flexibility index (Phi) is 6.66. The zero-order valence-corrected chi connectivity index (χ0v) is 15.7. The molecule has 1 N–H and O–H groups in total. The van der Waals surface area contributed by atoms with Gasteiger partial charge in [-0.1, -0.05) is 6.07 Å². The van der Waals surface area contributed by atoms with E-state index in [1.807, 2.05) is 31.3 Å². The number of aromatic nitrogens is 2. The molecule has 0 saturated carbocycles. The van der Waals surface area contributed by atoms with Gasteiger partial charge in [0.05, 0.1) is 13.7 Å². The van der Waals surface area contributed by atoms with Gasteiger partial charge in [-0.3, -0.25) is 0 Å². The highest BCUT2D eigenvalue weighted by Gasteiger charge is 2.11. The van der Waals surface area contributed by atoms with E-state index in [9.17, 15) is 0 Å². The first kappa shape index (κ1) is 18.5. The summed E-state index contributed by atoms with van der Waals surface area (Å²) in [4.78, 5) is 11.3. The predicted molar refractivity (Wildman–Crippen MR) is 103 cm³/mol. The van der Waals surface area contributed by atoms with Crippen molar-refractivity contribution in [1.29, 1.82) is 0 Å². The molecule has 2 aromatic rings. The van der Waals surface area contributed by atoms with Crippen LogP contribution in [0.25, 0.3) is 0 Å². The van der Waals surface area contributed by atoms with Gasteiger partial charge < -0.3 is 19.7 Å². The van der Waals surface area contributed by atoms with E-state index in [0.29, 0.717) is 13.0 Å². The van der Waals surface area contributed by atoms with Gasteiger partial charge in [0.1, 0.15) is 11.6 Å². The first-order valence-electron chi connectivity index (χ1n) is 9.30. The molecule has 0 unspecified atom stereocenters. The van der Waals surface area contributed by atoms with E-state index in [-0.39, 0.29) is 0 Å². The molecule has 0 amide bonds. The number of methoxy groups -OCH3 is 1. The quantitative estimate of drug-likeness (QED) is 0.697. The average molecular weight is 356 g/mol. The summed E-state index contributed by atoms with van der Waals surface area (Å²) in [6.45, 7) is 4.25. The predicted octanol–water partition coefficient (Wildman–Crippen LogP) is 2.98. The number of benzene rings is 1. The number of hydrogen-bond donors (Lipinski definition) is 1. The van der Waals surface area contributed by atoms with Gasteiger partial charge in [0, 0.05) is 26.2 Å². The minimum absolute atomic E-state index is 0.656. The van der Waals surface area contributed by atoms with Crippen LogP contribution in [0.5, 0.6) is 11.5 Å². The number of anilines is 1. The first-order valence-corrected chi connectivity index (χ1v) is 9.30. The zero-order chi connectivity index (χ0) is 18.2. The normalized spacial score (nSPS) is 14.4. The van der Waals surface area contributed by atoms with Gasteiger partial charge in [-0.15, -0.1) is 0 Å². The lowest BCUT2D eigenvalue weighted by molar-refractivity contribution is 0.254. The lowest BCUT2D eigenvalue weighted by atomic mass is 10.1. The zero-order valence-electron chi connectivity index (χ0n) is 15.7. The summed E-state index contributed by atoms with van der Waals surface area (Å²) in [5.74, 6) is 3.15. The van der Waals surface area contributed by atoms with Crippen molar-refractivity contribution in [3.63, 3.8) is 0 Å². The van der Waals surface area contributed by atoms with Crippen molar-refractivity contribution < 1.29 is 9.47 Å². The van der Waals surface area contributed by atoms with Crippen LogP contribution in [-0.4, -0.2) is 55.3 Å². The molecule has 3 rings (SSSR count). The summed E-state index contributed by atoms with van der Waals surface area (Å²) >= 11 is 0. The van der Waals surface area contributed by atoms with Crippen LogP contribution < -0.4 is 14.8 Å². The van der Waals surface area contributed by atoms with E-state index in [1.165, 1.54) is 25.9 Å². The summed E-state index contributed by atoms with van der Waals surface area (Å²) in [5, 5.41) is 3.04. The molecule has 1 aromatic heterocycles. The Morgan fingerprint density at radius 1 is 1.15 bits per heavy atom. The van der Waals surface area contributed by atoms with Crippen LogP contribution in [0.3, 0.4) is 0 Å². The Bertz CT molecular complexity index is 702. The van der Waals surface area contributed by atoms with E-state index in [2.05, 4.69) is 20.2 Å².